The van der Waals surface area contributed by atoms with Gasteiger partial charge in [-0.1, -0.05) is 27.7 Å². The van der Waals surface area contributed by atoms with Gasteiger partial charge >= 0.3 is 17.9 Å². The van der Waals surface area contributed by atoms with Crippen LogP contribution in [0.1, 0.15) is 115 Å². The maximum Gasteiger partial charge on any atom is 0.311 e. The number of hydrogen-bond donors (Lipinski definition) is 4. The van der Waals surface area contributed by atoms with Crippen molar-refractivity contribution in [1.29, 1.82) is 0 Å². The molecule has 0 aromatic heterocycles. The van der Waals surface area contributed by atoms with Gasteiger partial charge in [0.25, 0.3) is 0 Å². The first kappa shape index (κ1) is 54.8. The van der Waals surface area contributed by atoms with E-state index in [2.05, 4.69) is 0 Å². The second-order valence-electron chi connectivity index (χ2n) is 18.2. The van der Waals surface area contributed by atoms with Crippen LogP contribution in [0.2, 0.25) is 0 Å². The van der Waals surface area contributed by atoms with Crippen LogP contribution in [-0.2, 0) is 57.1 Å². The molecule has 0 spiro atoms. The van der Waals surface area contributed by atoms with Crippen LogP contribution in [0.25, 0.3) is 0 Å². The lowest BCUT2D eigenvalue weighted by atomic mass is 9.74. The van der Waals surface area contributed by atoms with Crippen LogP contribution in [0.3, 0.4) is 0 Å². The molecule has 3 aliphatic rings. The summed E-state index contributed by atoms with van der Waals surface area (Å²) in [6, 6.07) is -0.443. The Bertz CT molecular complexity index is 1440. The molecule has 0 bridgehead atoms. The number of ether oxygens (including phenoxy) is 8. The van der Waals surface area contributed by atoms with E-state index < -0.39 is 132 Å². The lowest BCUT2D eigenvalue weighted by Gasteiger charge is -2.49. The topological polar surface area (TPSA) is 258 Å². The van der Waals surface area contributed by atoms with Crippen molar-refractivity contribution in [3.05, 3.63) is 0 Å². The van der Waals surface area contributed by atoms with Gasteiger partial charge in [-0.05, 0) is 81.8 Å². The van der Waals surface area contributed by atoms with E-state index in [1.807, 2.05) is 25.9 Å². The second kappa shape index (κ2) is 22.5. The van der Waals surface area contributed by atoms with Gasteiger partial charge in [-0.15, -0.1) is 0 Å². The molecule has 356 valence electrons. The Morgan fingerprint density at radius 1 is 0.852 bits per heavy atom. The van der Waals surface area contributed by atoms with E-state index in [0.29, 0.717) is 6.42 Å². The number of aliphatic hydroxyl groups excluding tert-OH is 2. The number of carbonyl (C=O) groups is 4. The third kappa shape index (κ3) is 13.1. The molecule has 0 saturated carbocycles. The van der Waals surface area contributed by atoms with Crippen molar-refractivity contribution >= 4 is 23.7 Å². The molecule has 18 nitrogen and oxygen atoms in total. The highest BCUT2D eigenvalue weighted by Crippen LogP contribution is 2.41. The van der Waals surface area contributed by atoms with Crippen molar-refractivity contribution in [3.63, 3.8) is 0 Å². The van der Waals surface area contributed by atoms with Crippen molar-refractivity contribution in [2.45, 2.75) is 199 Å². The number of methoxy groups -OCH3 is 1. The molecule has 0 amide bonds. The molecule has 18 atom stereocenters. The number of hydrogen-bond acceptors (Lipinski definition) is 17. The third-order valence-corrected chi connectivity index (χ3v) is 12.9. The van der Waals surface area contributed by atoms with Crippen LogP contribution < -0.4 is 0 Å². The monoisotopic (exact) mass is 880 g/mol. The van der Waals surface area contributed by atoms with E-state index in [1.165, 1.54) is 27.9 Å². The Hall–Kier alpha value is -2.36. The van der Waals surface area contributed by atoms with Gasteiger partial charge in [0, 0.05) is 31.3 Å². The van der Waals surface area contributed by atoms with E-state index in [0.717, 1.165) is 0 Å². The quantitative estimate of drug-likeness (QED) is 0.161. The minimum atomic E-state index is -2.04. The average molecular weight is 880 g/mol. The van der Waals surface area contributed by atoms with E-state index in [-0.39, 0.29) is 44.2 Å². The molecular formula is C43H77NO17. The minimum Gasteiger partial charge on any atom is -0.466 e. The van der Waals surface area contributed by atoms with Gasteiger partial charge in [0.15, 0.2) is 18.7 Å². The first-order chi connectivity index (χ1) is 27.8. The van der Waals surface area contributed by atoms with Gasteiger partial charge in [0.2, 0.25) is 0 Å². The van der Waals surface area contributed by atoms with E-state index in [4.69, 9.17) is 37.9 Å². The Morgan fingerprint density at radius 2 is 1.46 bits per heavy atom. The van der Waals surface area contributed by atoms with Gasteiger partial charge in [0.1, 0.15) is 23.6 Å². The van der Waals surface area contributed by atoms with E-state index in [1.54, 1.807) is 48.5 Å². The number of likely N-dealkylation sites (N-methyl/N-ethyl adjacent to an activating group) is 1. The lowest BCUT2D eigenvalue weighted by molar-refractivity contribution is -0.319. The molecular weight excluding hydrogens is 802 g/mol. The summed E-state index contributed by atoms with van der Waals surface area (Å²) in [5, 5.41) is 46.8. The fourth-order valence-corrected chi connectivity index (χ4v) is 9.17. The summed E-state index contributed by atoms with van der Waals surface area (Å²) in [6.07, 6.45) is -11.1. The van der Waals surface area contributed by atoms with Crippen molar-refractivity contribution in [1.82, 2.24) is 4.90 Å². The van der Waals surface area contributed by atoms with Crippen molar-refractivity contribution in [2.75, 3.05) is 27.8 Å². The molecule has 3 rings (SSSR count). The summed E-state index contributed by atoms with van der Waals surface area (Å²) < 4.78 is 48.8. The SMILES string of the molecule is CCOC(=O)CCC(=O)O[C@@H]1[C@@H](O[C@@H]2[C@@H](C)[C@H](O[C@@H]3C[C@](C)(OC)[C@H](O)[C@@H](C)O3)[C@@H](C)C(=O)O[C@H](CC)[C@@](C)(O)[C@H](O)[C@@H](C)C(=O)[C@H](C)C[C@@]2(C)O)O[C@@H](C)C[C@H]1N(C)C.O. The van der Waals surface area contributed by atoms with Gasteiger partial charge in [-0.25, -0.2) is 0 Å². The normalized spacial score (nSPS) is 43.1. The predicted molar refractivity (Wildman–Crippen MR) is 220 cm³/mol. The third-order valence-electron chi connectivity index (χ3n) is 12.9. The van der Waals surface area contributed by atoms with E-state index >= 15 is 0 Å². The van der Waals surface area contributed by atoms with Crippen LogP contribution in [0.15, 0.2) is 0 Å². The standard InChI is InChI=1S/C43H75NO16.H2O/c1-15-29-43(11,52)36(48)24(5)33(47)22(3)20-41(9,51)38(25(6)34(26(7)39(50)57-29)59-32-21-42(10,53-14)37(49)27(8)56-32)60-40-35(28(44(12)13)19-23(4)55-40)58-31(46)18-17-30(45)54-16-2;/h22-29,32,34-38,40,48-49,51-52H,15-21H2,1-14H3;1H2/t22-,23+,24+,25+,26-,27-,28-,29-,32-,34+,35+,36-,37-,38-,40-,41-,42+,43-;/m1./s1. The largest absolute Gasteiger partial charge is 0.466 e. The van der Waals surface area contributed by atoms with Crippen LogP contribution in [-0.4, -0.2) is 167 Å². The van der Waals surface area contributed by atoms with Gasteiger partial charge in [-0.2, -0.15) is 0 Å². The zero-order valence-electron chi connectivity index (χ0n) is 38.7. The Balaban J connectivity index is 0.0000128. The zero-order chi connectivity index (χ0) is 45.7. The molecule has 0 unspecified atom stereocenters. The molecule has 0 radical (unpaired) electrons. The highest BCUT2D eigenvalue weighted by atomic mass is 16.7. The van der Waals surface area contributed by atoms with Crippen molar-refractivity contribution in [2.24, 2.45) is 23.7 Å². The fourth-order valence-electron chi connectivity index (χ4n) is 9.17. The van der Waals surface area contributed by atoms with Gasteiger partial charge in [-0.3, -0.25) is 19.2 Å². The number of esters is 3. The van der Waals surface area contributed by atoms with Crippen LogP contribution in [0, 0.1) is 23.7 Å². The maximum absolute atomic E-state index is 14.3. The fraction of sp³-hybridized carbons (Fsp3) is 0.907. The lowest BCUT2D eigenvalue weighted by Crippen LogP contribution is -2.61. The summed E-state index contributed by atoms with van der Waals surface area (Å²) >= 11 is 0. The van der Waals surface area contributed by atoms with Crippen LogP contribution >= 0.6 is 0 Å². The Labute approximate surface area is 361 Å². The molecule has 6 N–H and O–H groups in total. The number of carbonyl (C=O) groups excluding carboxylic acids is 4. The number of nitrogens with zero attached hydrogens (tertiary/aromatic N) is 1. The van der Waals surface area contributed by atoms with Crippen LogP contribution in [0.5, 0.6) is 0 Å². The molecule has 61 heavy (non-hydrogen) atoms. The summed E-state index contributed by atoms with van der Waals surface area (Å²) in [5.74, 6) is -6.64. The van der Waals surface area contributed by atoms with Gasteiger partial charge < -0.3 is 68.7 Å². The summed E-state index contributed by atoms with van der Waals surface area (Å²) in [4.78, 5) is 55.6. The first-order valence-corrected chi connectivity index (χ1v) is 21.5. The molecule has 3 heterocycles. The highest BCUT2D eigenvalue weighted by Gasteiger charge is 2.54. The summed E-state index contributed by atoms with van der Waals surface area (Å²) in [5.41, 5.74) is -5.06. The molecule has 0 aromatic rings. The number of cyclic esters (lactones) is 1. The molecule has 3 saturated heterocycles. The molecule has 3 fully saturated rings. The average Bonchev–Trinajstić information content (AvgIpc) is 3.17. The maximum atomic E-state index is 14.3. The number of ketones is 1. The number of Topliss-reactive ketones (excluding diaryl/α,β-unsaturated/α-hetero) is 1. The molecule has 18 heteroatoms. The Morgan fingerprint density at radius 3 is 2.02 bits per heavy atom. The van der Waals surface area contributed by atoms with Crippen molar-refractivity contribution < 1.29 is 83.0 Å². The van der Waals surface area contributed by atoms with E-state index in [9.17, 15) is 39.6 Å². The predicted octanol–water partition coefficient (Wildman–Crippen LogP) is 1.86. The number of rotatable bonds is 12. The molecule has 0 aromatic carbocycles. The minimum absolute atomic E-state index is 0. The van der Waals surface area contributed by atoms with Crippen molar-refractivity contribution in [3.8, 4) is 0 Å². The summed E-state index contributed by atoms with van der Waals surface area (Å²) in [7, 11) is 5.09. The zero-order valence-corrected chi connectivity index (χ0v) is 38.7. The second-order valence-corrected chi connectivity index (χ2v) is 18.2. The summed E-state index contributed by atoms with van der Waals surface area (Å²) in [6.45, 7) is 17.9. The highest BCUT2D eigenvalue weighted by molar-refractivity contribution is 5.83. The van der Waals surface area contributed by atoms with Gasteiger partial charge in [0.05, 0.1) is 73.1 Å². The van der Waals surface area contributed by atoms with Crippen LogP contribution in [0.4, 0.5) is 0 Å². The Kier molecular flexibility index (Phi) is 20.2. The number of aliphatic hydroxyl groups is 4. The first-order valence-electron chi connectivity index (χ1n) is 21.5. The molecule has 3 aliphatic heterocycles. The molecule has 0 aliphatic carbocycles. The smallest absolute Gasteiger partial charge is 0.311 e.